The van der Waals surface area contributed by atoms with Crippen LogP contribution in [-0.2, 0) is 118 Å². The number of hydrogen-bond donors (Lipinski definition) is 3. The predicted molar refractivity (Wildman–Crippen MR) is 552 cm³/mol. The average Bonchev–Trinajstić information content (AvgIpc) is 1.11. The van der Waals surface area contributed by atoms with Crippen molar-refractivity contribution < 1.29 is 33.9 Å². The number of rotatable bonds is 22. The van der Waals surface area contributed by atoms with E-state index >= 15 is 0 Å². The van der Waals surface area contributed by atoms with E-state index in [1.807, 2.05) is 154 Å². The lowest BCUT2D eigenvalue weighted by Gasteiger charge is -2.27. The average molecular weight is 1850 g/mol. The van der Waals surface area contributed by atoms with Gasteiger partial charge < -0.3 is 20.6 Å². The van der Waals surface area contributed by atoms with Gasteiger partial charge in [-0.05, 0) is 214 Å². The molecule has 0 bridgehead atoms. The van der Waals surface area contributed by atoms with Crippen molar-refractivity contribution in [3.05, 3.63) is 244 Å². The van der Waals surface area contributed by atoms with Gasteiger partial charge in [-0.1, -0.05) is 247 Å². The number of β-amino-alcohol motifs (C(OH)–C–C–N with tert-alkyl or cyclic N) is 1. The third kappa shape index (κ3) is 43.4. The van der Waals surface area contributed by atoms with Gasteiger partial charge >= 0.3 is 0 Å². The molecular formula is C113H167N15O7. The number of ketones is 5. The minimum absolute atomic E-state index is 0.0328. The fourth-order valence-electron chi connectivity index (χ4n) is 14.2. The van der Waals surface area contributed by atoms with E-state index in [0.29, 0.717) is 75.8 Å². The van der Waals surface area contributed by atoms with Crippen LogP contribution in [0.5, 0.6) is 0 Å². The van der Waals surface area contributed by atoms with Crippen LogP contribution >= 0.6 is 0 Å². The highest BCUT2D eigenvalue weighted by molar-refractivity contribution is 5.91. The summed E-state index contributed by atoms with van der Waals surface area (Å²) in [4.78, 5) is 112. The van der Waals surface area contributed by atoms with Gasteiger partial charge in [0.05, 0.1) is 44.3 Å². The second-order valence-corrected chi connectivity index (χ2v) is 45.4. The predicted octanol–water partition coefficient (Wildman–Crippen LogP) is 21.1. The maximum atomic E-state index is 12.3. The molecule has 3 saturated heterocycles. The molecule has 22 nitrogen and oxygen atoms in total. The molecule has 3 aliphatic heterocycles. The van der Waals surface area contributed by atoms with E-state index < -0.39 is 0 Å². The zero-order valence-electron chi connectivity index (χ0n) is 87.9. The molecule has 3 N–H and O–H groups in total. The second kappa shape index (κ2) is 52.4. The molecule has 1 aromatic carbocycles. The van der Waals surface area contributed by atoms with Gasteiger partial charge in [-0.2, -0.15) is 5.10 Å². The van der Waals surface area contributed by atoms with E-state index in [9.17, 15) is 33.9 Å². The lowest BCUT2D eigenvalue weighted by atomic mass is 9.88. The van der Waals surface area contributed by atoms with Crippen molar-refractivity contribution in [2.45, 2.75) is 346 Å². The fraction of sp³-hybridized carbons (Fsp3) is 0.566. The van der Waals surface area contributed by atoms with E-state index in [1.165, 1.54) is 88.6 Å². The summed E-state index contributed by atoms with van der Waals surface area (Å²) < 4.78 is 1.83. The van der Waals surface area contributed by atoms with Gasteiger partial charge in [-0.25, -0.2) is 15.0 Å². The lowest BCUT2D eigenvalue weighted by Crippen LogP contribution is -2.37. The van der Waals surface area contributed by atoms with Crippen LogP contribution in [0.2, 0.25) is 0 Å². The molecular weight excluding hydrogens is 1680 g/mol. The number of piperidine rings is 2. The second-order valence-electron chi connectivity index (χ2n) is 45.4. The van der Waals surface area contributed by atoms with Gasteiger partial charge in [0.2, 0.25) is 11.9 Å². The molecule has 1 amide bonds. The summed E-state index contributed by atoms with van der Waals surface area (Å²) in [6, 6.07) is 34.0. The van der Waals surface area contributed by atoms with Crippen LogP contribution in [0, 0.1) is 11.8 Å². The first kappa shape index (κ1) is 114. The summed E-state index contributed by atoms with van der Waals surface area (Å²) in [6.45, 7) is 66.5. The molecule has 1 saturated carbocycles. The Morgan fingerprint density at radius 1 is 0.407 bits per heavy atom. The quantitative estimate of drug-likeness (QED) is 0.0568. The van der Waals surface area contributed by atoms with Gasteiger partial charge in [0.25, 0.3) is 0 Å². The molecule has 8 aromatic heterocycles. The molecule has 135 heavy (non-hydrogen) atoms. The molecule has 22 heteroatoms. The number of carbonyl (C=O) groups is 6. The molecule has 1 aliphatic carbocycles. The molecule has 1 unspecified atom stereocenters. The van der Waals surface area contributed by atoms with Crippen molar-refractivity contribution in [2.75, 3.05) is 62.6 Å². The summed E-state index contributed by atoms with van der Waals surface area (Å²) in [5.41, 5.74) is 16.1. The Bertz CT molecular complexity index is 4990. The van der Waals surface area contributed by atoms with Crippen LogP contribution in [0.3, 0.4) is 0 Å². The summed E-state index contributed by atoms with van der Waals surface area (Å²) >= 11 is 0. The van der Waals surface area contributed by atoms with Crippen molar-refractivity contribution >= 4 is 46.6 Å². The molecule has 4 fully saturated rings. The summed E-state index contributed by atoms with van der Waals surface area (Å²) in [5.74, 6) is 3.09. The van der Waals surface area contributed by atoms with Crippen LogP contribution in [0.15, 0.2) is 165 Å². The van der Waals surface area contributed by atoms with Crippen LogP contribution in [-0.4, -0.2) is 164 Å². The number of Topliss-reactive ketones (excluding diaryl/α,β-unsaturated/α-hetero) is 5. The highest BCUT2D eigenvalue weighted by atomic mass is 16.3. The number of pyridine rings is 6. The number of carbonyl (C=O) groups excluding carboxylic acids is 6. The molecule has 4 aliphatic rings. The zero-order chi connectivity index (χ0) is 100. The first-order valence-corrected chi connectivity index (χ1v) is 49.0. The number of aliphatic hydroxyl groups excluding tert-OH is 1. The van der Waals surface area contributed by atoms with Crippen molar-refractivity contribution in [1.82, 2.24) is 64.8 Å². The molecule has 0 radical (unpaired) electrons. The Morgan fingerprint density at radius 3 is 1.19 bits per heavy atom. The van der Waals surface area contributed by atoms with E-state index in [-0.39, 0.29) is 90.4 Å². The maximum Gasteiger partial charge on any atom is 0.239 e. The topological polar surface area (TPSA) is 277 Å². The molecule has 2 atom stereocenters. The minimum atomic E-state index is -0.271. The number of likely N-dealkylation sites (tertiary alicyclic amines) is 2. The molecule has 0 spiro atoms. The third-order valence-electron chi connectivity index (χ3n) is 24.0. The van der Waals surface area contributed by atoms with Crippen molar-refractivity contribution in [3.8, 4) is 0 Å². The van der Waals surface area contributed by atoms with Gasteiger partial charge in [0.15, 0.2) is 11.6 Å². The standard InChI is InChI=1S/C20H26N2O.C16H25N3O.C16H24N2O2.C14H19NO.C14H21NO.C13H21N3.C12H17NO.C8H14N2/c1-15(21-13-16-8-6-5-7-9-16)19(23)12-18-11-10-17(14-22-18)20(2,3)4;1-16(2,3)13-7-8-17-14(11-13)18-15(20)12-19-9-5-4-6-10-19;1-16(2,3)12-4-5-13(17-9-12)8-15(20)11-18-7-6-14(19)10-18;1-14(2,3)11-6-7-12(15-9-11)8-13(16)10-4-5-10;1-10(2)13(16)8-12-7-6-11(9-15-12)14(3,4)5;1-13(2,3)11-9-14-12(15-10-11)16-7-5-4-6-8-16;1-9(14)7-11-6-5-10(8-13-11)12(2,3)4;1-8(2,3)7-5-9-10(4)6-7/h5-11,14-15,21H,12-13H2,1-4H3;7-8,11H,4-6,9-10,12H2,1-3H3,(H,17,18,20);4-5,9,14,19H,6-8,10-11H2,1-3H3;6-7,9-10H,4-5,8H2,1-3H3;6-7,9-10H,8H2,1-5H3;9-10H,4-8H2,1-3H3;5-6,8H,7H2,1-4H3;5-6H,1-4H3/t;;14-;;;;;/m..0...../s1. The summed E-state index contributed by atoms with van der Waals surface area (Å²) in [6.07, 6.45) is 31.4. The minimum Gasteiger partial charge on any atom is -0.392 e. The number of anilines is 2. The van der Waals surface area contributed by atoms with Crippen LogP contribution in [0.25, 0.3) is 0 Å². The lowest BCUT2D eigenvalue weighted by molar-refractivity contribution is -0.121. The largest absolute Gasteiger partial charge is 0.392 e. The Kier molecular flexibility index (Phi) is 44.1. The van der Waals surface area contributed by atoms with Gasteiger partial charge in [-0.3, -0.25) is 68.2 Å². The van der Waals surface area contributed by atoms with E-state index in [4.69, 9.17) is 0 Å². The zero-order valence-corrected chi connectivity index (χ0v) is 87.9. The van der Waals surface area contributed by atoms with Gasteiger partial charge in [-0.15, -0.1) is 0 Å². The first-order chi connectivity index (χ1) is 62.9. The first-order valence-electron chi connectivity index (χ1n) is 49.0. The Balaban J connectivity index is 0.000000239. The number of nitrogens with one attached hydrogen (secondary N) is 2. The Morgan fingerprint density at radius 2 is 0.815 bits per heavy atom. The number of aliphatic hydroxyl groups is 1. The van der Waals surface area contributed by atoms with Crippen molar-refractivity contribution in [3.63, 3.8) is 0 Å². The normalized spacial score (nSPS) is 15.2. The number of aryl methyl sites for hydroxylation is 1. The Hall–Kier alpha value is -10.1. The smallest absolute Gasteiger partial charge is 0.239 e. The van der Waals surface area contributed by atoms with E-state index in [2.05, 4.69) is 274 Å². The number of nitrogens with zero attached hydrogens (tertiary/aromatic N) is 13. The van der Waals surface area contributed by atoms with Gasteiger partial charge in [0, 0.05) is 155 Å². The number of aromatic nitrogens is 10. The van der Waals surface area contributed by atoms with E-state index in [0.717, 1.165) is 86.4 Å². The number of benzene rings is 1. The van der Waals surface area contributed by atoms with E-state index in [1.54, 1.807) is 13.1 Å². The molecule has 11 heterocycles. The van der Waals surface area contributed by atoms with Crippen LogP contribution in [0.4, 0.5) is 11.8 Å². The fourth-order valence-corrected chi connectivity index (χ4v) is 14.2. The van der Waals surface area contributed by atoms with Crippen molar-refractivity contribution in [1.29, 1.82) is 0 Å². The monoisotopic (exact) mass is 1850 g/mol. The van der Waals surface area contributed by atoms with Crippen molar-refractivity contribution in [2.24, 2.45) is 18.9 Å². The van der Waals surface area contributed by atoms with Crippen LogP contribution < -0.4 is 15.5 Å². The summed E-state index contributed by atoms with van der Waals surface area (Å²) in [5, 5.41) is 19.7. The highest BCUT2D eigenvalue weighted by Crippen LogP contribution is 2.33. The highest BCUT2D eigenvalue weighted by Gasteiger charge is 2.31. The SMILES string of the molecule is CC(=O)Cc1ccc(C(C)(C)C)cn1.CC(C)(C)c1ccc(CC(=O)C2CC2)nc1.CC(C)(C)c1ccc(CC(=O)CN2CC[C@H](O)C2)nc1.CC(C)(C)c1ccnc(NC(=O)CN2CCCCC2)c1.CC(C)(C)c1cnc(N2CCCCC2)nc1.CC(C)C(=O)Cc1ccc(C(C)(C)C)cn1.CC(NCc1ccccc1)C(=O)Cc1ccc(C(C)(C)C)cn1.Cn1cc(C(C)(C)C)cn1. The summed E-state index contributed by atoms with van der Waals surface area (Å²) in [7, 11) is 1.94. The maximum absolute atomic E-state index is 12.3. The Labute approximate surface area is 811 Å². The third-order valence-corrected chi connectivity index (χ3v) is 24.0. The van der Waals surface area contributed by atoms with Crippen LogP contribution in [0.1, 0.15) is 330 Å². The molecule has 9 aromatic rings. The molecule has 13 rings (SSSR count). The molecule has 736 valence electrons. The number of hydrogen-bond acceptors (Lipinski definition) is 20. The number of amides is 1. The van der Waals surface area contributed by atoms with Gasteiger partial charge in [0.1, 0.15) is 23.2 Å².